The van der Waals surface area contributed by atoms with Crippen molar-refractivity contribution in [1.82, 2.24) is 4.90 Å². The highest BCUT2D eigenvalue weighted by Gasteiger charge is 2.79. The minimum absolute atomic E-state index is 0.0538. The molecular formula is C35H63NO3. The van der Waals surface area contributed by atoms with Crippen molar-refractivity contribution >= 4 is 6.41 Å². The predicted octanol–water partition coefficient (Wildman–Crippen LogP) is 8.60. The molecular weight excluding hydrogens is 482 g/mol. The highest BCUT2D eigenvalue weighted by Crippen LogP contribution is 2.78. The van der Waals surface area contributed by atoms with Crippen LogP contribution in [-0.4, -0.2) is 40.4 Å². The summed E-state index contributed by atoms with van der Waals surface area (Å²) in [5.74, 6) is 0.779. The molecule has 9 atom stereocenters. The van der Waals surface area contributed by atoms with Crippen LogP contribution >= 0.6 is 0 Å². The molecule has 2 saturated heterocycles. The number of nitrogens with zero attached hydrogens (tertiary/aromatic N) is 1. The molecule has 4 rings (SSSR count). The van der Waals surface area contributed by atoms with Gasteiger partial charge in [0.05, 0.1) is 11.7 Å². The van der Waals surface area contributed by atoms with E-state index in [0.717, 1.165) is 57.9 Å². The first kappa shape index (κ1) is 31.3. The van der Waals surface area contributed by atoms with Crippen molar-refractivity contribution in [2.75, 3.05) is 6.54 Å². The summed E-state index contributed by atoms with van der Waals surface area (Å²) in [6.45, 7) is 30.3. The second-order valence-electron chi connectivity index (χ2n) is 17.3. The van der Waals surface area contributed by atoms with Gasteiger partial charge in [0, 0.05) is 17.9 Å². The van der Waals surface area contributed by atoms with E-state index in [4.69, 9.17) is 4.74 Å². The largest absolute Gasteiger partial charge is 0.393 e. The van der Waals surface area contributed by atoms with Crippen LogP contribution in [0.25, 0.3) is 0 Å². The van der Waals surface area contributed by atoms with E-state index in [1.165, 1.54) is 19.3 Å². The summed E-state index contributed by atoms with van der Waals surface area (Å²) < 4.78 is 7.31. The number of carbonyl (C=O) groups excluding carboxylic acids is 1. The van der Waals surface area contributed by atoms with Crippen LogP contribution in [0.2, 0.25) is 0 Å². The molecule has 226 valence electrons. The topological polar surface area (TPSA) is 49.8 Å². The summed E-state index contributed by atoms with van der Waals surface area (Å²) in [7, 11) is 0. The number of aliphatic hydroxyl groups is 1. The summed E-state index contributed by atoms with van der Waals surface area (Å²) in [5.41, 5.74) is -0.192. The van der Waals surface area contributed by atoms with Crippen molar-refractivity contribution in [2.24, 2.45) is 44.3 Å². The number of rotatable bonds is 7. The second-order valence-corrected chi connectivity index (χ2v) is 17.3. The lowest BCUT2D eigenvalue weighted by Crippen LogP contribution is -2.59. The molecule has 2 aliphatic carbocycles. The molecule has 0 radical (unpaired) electrons. The van der Waals surface area contributed by atoms with Crippen molar-refractivity contribution < 1.29 is 14.6 Å². The maximum absolute atomic E-state index is 12.5. The van der Waals surface area contributed by atoms with Gasteiger partial charge in [-0.2, -0.15) is 0 Å². The molecule has 1 N–H and O–H groups in total. The number of amides is 1. The fourth-order valence-electron chi connectivity index (χ4n) is 11.5. The van der Waals surface area contributed by atoms with E-state index in [1.807, 2.05) is 4.90 Å². The van der Waals surface area contributed by atoms with Crippen molar-refractivity contribution in [3.05, 3.63) is 0 Å². The van der Waals surface area contributed by atoms with Crippen molar-refractivity contribution in [3.8, 4) is 0 Å². The molecule has 0 aromatic rings. The Morgan fingerprint density at radius 2 is 1.64 bits per heavy atom. The van der Waals surface area contributed by atoms with Crippen molar-refractivity contribution in [2.45, 2.75) is 165 Å². The highest BCUT2D eigenvalue weighted by molar-refractivity contribution is 5.50. The van der Waals surface area contributed by atoms with Crippen LogP contribution < -0.4 is 0 Å². The summed E-state index contributed by atoms with van der Waals surface area (Å²) in [6, 6.07) is 0. The third-order valence-corrected chi connectivity index (χ3v) is 15.1. The molecule has 0 aromatic carbocycles. The lowest BCUT2D eigenvalue weighted by Gasteiger charge is -2.61. The van der Waals surface area contributed by atoms with E-state index in [-0.39, 0.29) is 50.1 Å². The van der Waals surface area contributed by atoms with Gasteiger partial charge >= 0.3 is 0 Å². The molecule has 2 aliphatic heterocycles. The Balaban J connectivity index is 1.70. The summed E-state index contributed by atoms with van der Waals surface area (Å²) >= 11 is 0. The zero-order valence-corrected chi connectivity index (χ0v) is 27.8. The summed E-state index contributed by atoms with van der Waals surface area (Å²) in [5, 5.41) is 10.7. The number of carbonyl (C=O) groups is 1. The van der Waals surface area contributed by atoms with E-state index in [9.17, 15) is 9.90 Å². The van der Waals surface area contributed by atoms with Gasteiger partial charge in [-0.1, -0.05) is 82.6 Å². The minimum atomic E-state index is -0.490. The lowest BCUT2D eigenvalue weighted by molar-refractivity contribution is -0.211. The Kier molecular flexibility index (Phi) is 7.59. The minimum Gasteiger partial charge on any atom is -0.393 e. The van der Waals surface area contributed by atoms with Crippen LogP contribution in [0.3, 0.4) is 0 Å². The zero-order chi connectivity index (χ0) is 29.5. The quantitative estimate of drug-likeness (QED) is 0.326. The first-order chi connectivity index (χ1) is 17.7. The number of ether oxygens (including phenoxy) is 1. The SMILES string of the molecule is CCC[C@@]1(C)C[C@@H](O)CC[C@]1(C)C(C)(C)CC[C@@]1(C)C(C)(C)C[C@]2(C)O[C@@]3(CC[C@H](C)CN3C=O)[C@@H](C)[C@]12C. The fourth-order valence-corrected chi connectivity index (χ4v) is 11.5. The van der Waals surface area contributed by atoms with E-state index in [0.29, 0.717) is 5.92 Å². The van der Waals surface area contributed by atoms with Gasteiger partial charge in [-0.3, -0.25) is 4.79 Å². The van der Waals surface area contributed by atoms with E-state index < -0.39 is 5.72 Å². The molecule has 0 unspecified atom stereocenters. The van der Waals surface area contributed by atoms with Gasteiger partial charge in [-0.25, -0.2) is 0 Å². The Morgan fingerprint density at radius 3 is 2.23 bits per heavy atom. The number of likely N-dealkylation sites (tertiary alicyclic amines) is 1. The van der Waals surface area contributed by atoms with Gasteiger partial charge in [0.1, 0.15) is 5.72 Å². The fraction of sp³-hybridized carbons (Fsp3) is 0.971. The molecule has 1 spiro atoms. The second kappa shape index (κ2) is 9.45. The van der Waals surface area contributed by atoms with Gasteiger partial charge in [-0.05, 0) is 97.7 Å². The molecule has 2 heterocycles. The molecule has 0 aromatic heterocycles. The summed E-state index contributed by atoms with van der Waals surface area (Å²) in [4.78, 5) is 14.5. The van der Waals surface area contributed by atoms with E-state index >= 15 is 0 Å². The van der Waals surface area contributed by atoms with Gasteiger partial charge in [0.25, 0.3) is 0 Å². The Bertz CT molecular complexity index is 946. The van der Waals surface area contributed by atoms with Crippen LogP contribution in [0.1, 0.15) is 147 Å². The Labute approximate surface area is 241 Å². The molecule has 1 amide bonds. The average molecular weight is 546 g/mol. The molecule has 39 heavy (non-hydrogen) atoms. The number of fused-ring (bicyclic) bond motifs is 1. The van der Waals surface area contributed by atoms with Gasteiger partial charge < -0.3 is 14.7 Å². The normalized spacial score (nSPS) is 49.9. The molecule has 4 fully saturated rings. The van der Waals surface area contributed by atoms with Gasteiger partial charge in [-0.15, -0.1) is 0 Å². The van der Waals surface area contributed by atoms with Crippen molar-refractivity contribution in [1.29, 1.82) is 0 Å². The number of aliphatic hydroxyl groups excluding tert-OH is 1. The van der Waals surface area contributed by atoms with E-state index in [2.05, 4.69) is 83.1 Å². The predicted molar refractivity (Wildman–Crippen MR) is 161 cm³/mol. The summed E-state index contributed by atoms with van der Waals surface area (Å²) in [6.07, 6.45) is 11.6. The first-order valence-electron chi connectivity index (χ1n) is 16.4. The van der Waals surface area contributed by atoms with Crippen LogP contribution in [0.5, 0.6) is 0 Å². The Morgan fingerprint density at radius 1 is 1.00 bits per heavy atom. The van der Waals surface area contributed by atoms with Crippen molar-refractivity contribution in [3.63, 3.8) is 0 Å². The first-order valence-corrected chi connectivity index (χ1v) is 16.4. The van der Waals surface area contributed by atoms with Crippen LogP contribution in [-0.2, 0) is 9.53 Å². The van der Waals surface area contributed by atoms with Gasteiger partial charge in [0.15, 0.2) is 0 Å². The zero-order valence-electron chi connectivity index (χ0n) is 27.8. The standard InChI is InChI=1S/C35H63NO3/c1-13-16-30(8)21-27(38)15-17-31(30,9)28(4,5)19-20-32(10)29(6,7)23-33(11)34(32,12)26(3)35(39-33)18-14-25(2)22-36(35)24-37/h24-27,38H,13-23H2,1-12H3/t25-,26-,27-,30-,31+,32-,33-,34+,35-/m0/s1. The number of hydrogen-bond acceptors (Lipinski definition) is 3. The molecule has 4 nitrogen and oxygen atoms in total. The average Bonchev–Trinajstić information content (AvgIpc) is 3.07. The van der Waals surface area contributed by atoms with E-state index in [1.54, 1.807) is 0 Å². The lowest BCUT2D eigenvalue weighted by atomic mass is 9.44. The maximum Gasteiger partial charge on any atom is 0.211 e. The molecule has 2 saturated carbocycles. The van der Waals surface area contributed by atoms with Crippen LogP contribution in [0.15, 0.2) is 0 Å². The smallest absolute Gasteiger partial charge is 0.211 e. The monoisotopic (exact) mass is 545 g/mol. The molecule has 4 heteroatoms. The molecule has 0 bridgehead atoms. The third-order valence-electron chi connectivity index (χ3n) is 15.1. The maximum atomic E-state index is 12.5. The third kappa shape index (κ3) is 3.99. The molecule has 4 aliphatic rings. The van der Waals surface area contributed by atoms with Crippen LogP contribution in [0.4, 0.5) is 0 Å². The highest BCUT2D eigenvalue weighted by atomic mass is 16.6. The van der Waals surface area contributed by atoms with Crippen LogP contribution in [0, 0.1) is 44.3 Å². The number of piperidine rings is 1. The Hall–Kier alpha value is -0.610. The van der Waals surface area contributed by atoms with Gasteiger partial charge in [0.2, 0.25) is 6.41 Å². The number of hydrogen-bond donors (Lipinski definition) is 1.